The van der Waals surface area contributed by atoms with Crippen LogP contribution in [-0.4, -0.2) is 30.5 Å². The number of nitrogens with zero attached hydrogens (tertiary/aromatic N) is 3. The van der Waals surface area contributed by atoms with E-state index in [0.717, 1.165) is 24.3 Å². The van der Waals surface area contributed by atoms with Crippen LogP contribution in [0.25, 0.3) is 0 Å². The van der Waals surface area contributed by atoms with Gasteiger partial charge in [0.25, 0.3) is 16.0 Å². The summed E-state index contributed by atoms with van der Waals surface area (Å²) in [6, 6.07) is 14.5. The van der Waals surface area contributed by atoms with Gasteiger partial charge in [0.15, 0.2) is 0 Å². The van der Waals surface area contributed by atoms with Gasteiger partial charge >= 0.3 is 0 Å². The average molecular weight is 651 g/mol. The second-order valence-electron chi connectivity index (χ2n) is 12.2. The molecule has 10 heteroatoms. The predicted octanol–water partition coefficient (Wildman–Crippen LogP) is 8.80. The Bertz CT molecular complexity index is 1430. The number of hydrazone groups is 1. The number of carbonyl (C=O) groups is 2. The molecule has 0 radical (unpaired) electrons. The second kappa shape index (κ2) is 19.9. The van der Waals surface area contributed by atoms with E-state index in [-0.39, 0.29) is 29.3 Å². The van der Waals surface area contributed by atoms with Crippen molar-refractivity contribution in [2.75, 3.05) is 10.3 Å². The Labute approximate surface area is 275 Å². The molecule has 250 valence electrons. The maximum atomic E-state index is 13.3. The lowest BCUT2D eigenvalue weighted by molar-refractivity contribution is -0.120. The average Bonchev–Trinajstić information content (AvgIpc) is 3.37. The van der Waals surface area contributed by atoms with Crippen molar-refractivity contribution in [2.24, 2.45) is 11.0 Å². The molecular weight excluding hydrogens is 600 g/mol. The molecule has 1 unspecified atom stereocenters. The summed E-state index contributed by atoms with van der Waals surface area (Å²) in [7, 11) is -4.46. The third kappa shape index (κ3) is 12.3. The normalized spacial score (nSPS) is 14.7. The molecule has 0 fully saturated rings. The minimum Gasteiger partial charge on any atom is -0.326 e. The summed E-state index contributed by atoms with van der Waals surface area (Å²) in [5.74, 6) is -1.12. The molecule has 2 amide bonds. The second-order valence-corrected chi connectivity index (χ2v) is 13.6. The summed E-state index contributed by atoms with van der Waals surface area (Å²) in [5.41, 5.74) is 1.95. The highest BCUT2D eigenvalue weighted by Gasteiger charge is 2.37. The van der Waals surface area contributed by atoms with E-state index in [1.807, 2.05) is 0 Å². The molecule has 1 heterocycles. The molecule has 0 spiro atoms. The highest BCUT2D eigenvalue weighted by atomic mass is 32.2. The molecule has 0 bridgehead atoms. The van der Waals surface area contributed by atoms with Gasteiger partial charge in [-0.15, -0.1) is 0 Å². The van der Waals surface area contributed by atoms with E-state index >= 15 is 0 Å². The molecular formula is C36H50N4O5S. The van der Waals surface area contributed by atoms with E-state index in [9.17, 15) is 22.6 Å². The number of anilines is 2. The van der Waals surface area contributed by atoms with Crippen molar-refractivity contribution in [3.8, 4) is 6.07 Å². The number of nitriles is 1. The van der Waals surface area contributed by atoms with Crippen LogP contribution in [0.3, 0.4) is 0 Å². The van der Waals surface area contributed by atoms with E-state index in [0.29, 0.717) is 23.4 Å². The van der Waals surface area contributed by atoms with Crippen molar-refractivity contribution in [3.63, 3.8) is 0 Å². The molecule has 3 rings (SSSR count). The Kier molecular flexibility index (Phi) is 15.9. The molecule has 2 N–H and O–H groups in total. The van der Waals surface area contributed by atoms with Crippen molar-refractivity contribution >= 4 is 39.0 Å². The molecule has 1 aliphatic heterocycles. The van der Waals surface area contributed by atoms with Crippen LogP contribution in [0.1, 0.15) is 128 Å². The lowest BCUT2D eigenvalue weighted by Crippen LogP contribution is -2.27. The van der Waals surface area contributed by atoms with Gasteiger partial charge in [0.1, 0.15) is 0 Å². The van der Waals surface area contributed by atoms with Gasteiger partial charge in [-0.2, -0.15) is 23.8 Å². The fourth-order valence-electron chi connectivity index (χ4n) is 5.78. The molecule has 0 saturated heterocycles. The number of rotatable bonds is 22. The van der Waals surface area contributed by atoms with Gasteiger partial charge in [-0.05, 0) is 48.7 Å². The van der Waals surface area contributed by atoms with Crippen LogP contribution in [0, 0.1) is 17.2 Å². The SMILES string of the molecule is CCCCCCCCCCCCCCCCCC(=O)Nc1ccc(C2=NN(c3cccc(S(=O)(=O)O)c3)C(=O)C2CCC#N)cc1. The molecule has 1 atom stereocenters. The molecule has 46 heavy (non-hydrogen) atoms. The lowest BCUT2D eigenvalue weighted by Gasteiger charge is -2.14. The first kappa shape index (κ1) is 36.9. The van der Waals surface area contributed by atoms with Crippen LogP contribution in [0.4, 0.5) is 11.4 Å². The van der Waals surface area contributed by atoms with E-state index in [1.54, 1.807) is 24.3 Å². The molecule has 2 aromatic carbocycles. The number of hydrogen-bond acceptors (Lipinski definition) is 6. The number of benzene rings is 2. The Hall–Kier alpha value is -3.55. The quantitative estimate of drug-likeness (QED) is 0.0964. The summed E-state index contributed by atoms with van der Waals surface area (Å²) < 4.78 is 32.7. The van der Waals surface area contributed by atoms with Gasteiger partial charge in [0.05, 0.1) is 28.3 Å². The van der Waals surface area contributed by atoms with Gasteiger partial charge in [0, 0.05) is 18.5 Å². The zero-order valence-electron chi connectivity index (χ0n) is 27.3. The Balaban J connectivity index is 1.41. The number of amides is 2. The minimum atomic E-state index is -4.46. The molecule has 0 aromatic heterocycles. The Morgan fingerprint density at radius 1 is 0.891 bits per heavy atom. The molecule has 0 saturated carbocycles. The molecule has 1 aliphatic rings. The first-order valence-corrected chi connectivity index (χ1v) is 18.5. The zero-order valence-corrected chi connectivity index (χ0v) is 28.1. The minimum absolute atomic E-state index is 0.0346. The highest BCUT2D eigenvalue weighted by Crippen LogP contribution is 2.31. The fourth-order valence-corrected chi connectivity index (χ4v) is 6.30. The van der Waals surface area contributed by atoms with E-state index < -0.39 is 21.9 Å². The number of hydrogen-bond donors (Lipinski definition) is 2. The largest absolute Gasteiger partial charge is 0.326 e. The molecule has 0 aliphatic carbocycles. The smallest absolute Gasteiger partial charge is 0.294 e. The van der Waals surface area contributed by atoms with Crippen molar-refractivity contribution in [3.05, 3.63) is 54.1 Å². The lowest BCUT2D eigenvalue weighted by atomic mass is 9.92. The van der Waals surface area contributed by atoms with Crippen molar-refractivity contribution < 1.29 is 22.6 Å². The standard InChI is InChI=1S/C36H50N4O5S/c1-2-3-4-5-6-7-8-9-10-11-12-13-14-15-16-22-34(41)38-30-25-23-29(24-26-30)35-33(21-18-27-37)36(42)40(39-35)31-19-17-20-32(28-31)46(43,44)45/h17,19-20,23-26,28,33H,2-16,18,21-22H2,1H3,(H,38,41)(H,43,44,45). The van der Waals surface area contributed by atoms with Crippen molar-refractivity contribution in [2.45, 2.75) is 127 Å². The van der Waals surface area contributed by atoms with Gasteiger partial charge in [-0.3, -0.25) is 14.1 Å². The van der Waals surface area contributed by atoms with Crippen LogP contribution in [0.15, 0.2) is 58.5 Å². The van der Waals surface area contributed by atoms with Crippen LogP contribution in [0.2, 0.25) is 0 Å². The first-order chi connectivity index (χ1) is 22.2. The summed E-state index contributed by atoms with van der Waals surface area (Å²) in [5, 5.41) is 17.7. The van der Waals surface area contributed by atoms with Crippen LogP contribution < -0.4 is 10.3 Å². The monoisotopic (exact) mass is 650 g/mol. The summed E-state index contributed by atoms with van der Waals surface area (Å²) >= 11 is 0. The number of nitrogens with one attached hydrogen (secondary N) is 1. The Morgan fingerprint density at radius 3 is 2.00 bits per heavy atom. The predicted molar refractivity (Wildman–Crippen MR) is 183 cm³/mol. The zero-order chi connectivity index (χ0) is 33.2. The summed E-state index contributed by atoms with van der Waals surface area (Å²) in [6.07, 6.45) is 20.0. The molecule has 9 nitrogen and oxygen atoms in total. The van der Waals surface area contributed by atoms with E-state index in [1.165, 1.54) is 101 Å². The topological polar surface area (TPSA) is 140 Å². The van der Waals surface area contributed by atoms with Gasteiger partial charge < -0.3 is 5.32 Å². The van der Waals surface area contributed by atoms with Crippen LogP contribution >= 0.6 is 0 Å². The van der Waals surface area contributed by atoms with Gasteiger partial charge in [0.2, 0.25) is 5.91 Å². The molecule has 2 aromatic rings. The first-order valence-electron chi connectivity index (χ1n) is 17.0. The third-order valence-corrected chi connectivity index (χ3v) is 9.27. The van der Waals surface area contributed by atoms with E-state index in [2.05, 4.69) is 23.4 Å². The maximum absolute atomic E-state index is 13.3. The van der Waals surface area contributed by atoms with Gasteiger partial charge in [-0.1, -0.05) is 115 Å². The van der Waals surface area contributed by atoms with Crippen LogP contribution in [0.5, 0.6) is 0 Å². The maximum Gasteiger partial charge on any atom is 0.294 e. The fraction of sp³-hybridized carbons (Fsp3) is 0.556. The summed E-state index contributed by atoms with van der Waals surface area (Å²) in [6.45, 7) is 2.26. The third-order valence-electron chi connectivity index (χ3n) is 8.42. The highest BCUT2D eigenvalue weighted by molar-refractivity contribution is 7.85. The van der Waals surface area contributed by atoms with Crippen molar-refractivity contribution in [1.82, 2.24) is 0 Å². The summed E-state index contributed by atoms with van der Waals surface area (Å²) in [4.78, 5) is 25.5. The van der Waals surface area contributed by atoms with E-state index in [4.69, 9.17) is 5.26 Å². The van der Waals surface area contributed by atoms with Crippen molar-refractivity contribution in [1.29, 1.82) is 5.26 Å². The van der Waals surface area contributed by atoms with Crippen LogP contribution in [-0.2, 0) is 19.7 Å². The van der Waals surface area contributed by atoms with Gasteiger partial charge in [-0.25, -0.2) is 0 Å². The number of carbonyl (C=O) groups excluding carboxylic acids is 2. The number of unbranched alkanes of at least 4 members (excludes halogenated alkanes) is 14. The Morgan fingerprint density at radius 2 is 1.46 bits per heavy atom.